The van der Waals surface area contributed by atoms with E-state index in [0.717, 1.165) is 16.9 Å². The van der Waals surface area contributed by atoms with Crippen LogP contribution in [0.25, 0.3) is 17.1 Å². The molecular weight excluding hydrogens is 450 g/mol. The number of hydrogen-bond acceptors (Lipinski definition) is 8. The smallest absolute Gasteiger partial charge is 0.277 e. The summed E-state index contributed by atoms with van der Waals surface area (Å²) in [4.78, 5) is 4.79. The Hall–Kier alpha value is -2.73. The van der Waals surface area contributed by atoms with E-state index in [4.69, 9.17) is 9.15 Å². The van der Waals surface area contributed by atoms with Crippen molar-refractivity contribution in [2.24, 2.45) is 0 Å². The van der Waals surface area contributed by atoms with Crippen molar-refractivity contribution >= 4 is 27.4 Å². The third kappa shape index (κ3) is 4.29. The lowest BCUT2D eigenvalue weighted by Crippen LogP contribution is -2.40. The average Bonchev–Trinajstić information content (AvgIpc) is 3.45. The first-order valence-electron chi connectivity index (χ1n) is 10.1. The Morgan fingerprint density at radius 1 is 1.09 bits per heavy atom. The summed E-state index contributed by atoms with van der Waals surface area (Å²) in [5, 5.41) is 8.59. The quantitative estimate of drug-likeness (QED) is 0.396. The lowest BCUT2D eigenvalue weighted by atomic mass is 10.2. The number of thioether (sulfide) groups is 1. The van der Waals surface area contributed by atoms with Gasteiger partial charge in [0.15, 0.2) is 0 Å². The van der Waals surface area contributed by atoms with Crippen LogP contribution in [-0.2, 0) is 20.5 Å². The number of fused-ring (bicyclic) bond motifs is 1. The van der Waals surface area contributed by atoms with Crippen LogP contribution in [0.4, 0.5) is 0 Å². The summed E-state index contributed by atoms with van der Waals surface area (Å²) in [6.07, 6.45) is 4.01. The number of nitrogens with zero attached hydrogens (tertiary/aromatic N) is 5. The molecule has 0 bridgehead atoms. The van der Waals surface area contributed by atoms with E-state index in [0.29, 0.717) is 42.8 Å². The topological polar surface area (TPSA) is 103 Å². The Morgan fingerprint density at radius 2 is 1.94 bits per heavy atom. The average molecular weight is 472 g/mol. The van der Waals surface area contributed by atoms with E-state index < -0.39 is 10.0 Å². The fraction of sp³-hybridized carbons (Fsp3) is 0.286. The van der Waals surface area contributed by atoms with Crippen molar-refractivity contribution in [3.63, 3.8) is 0 Å². The lowest BCUT2D eigenvalue weighted by Gasteiger charge is -2.26. The SMILES string of the molecule is Cc1ccc2nc(CSc3nnc(-c4cccc(S(=O)(=O)N5CCOCC5)c4)o3)cn2c1. The number of aryl methyl sites for hydroxylation is 1. The molecule has 166 valence electrons. The van der Waals surface area contributed by atoms with Crippen molar-refractivity contribution in [3.05, 3.63) is 60.0 Å². The van der Waals surface area contributed by atoms with Gasteiger partial charge in [0.2, 0.25) is 15.9 Å². The third-order valence-electron chi connectivity index (χ3n) is 5.09. The molecule has 0 spiro atoms. The Kier molecular flexibility index (Phi) is 5.72. The van der Waals surface area contributed by atoms with Gasteiger partial charge in [-0.25, -0.2) is 13.4 Å². The van der Waals surface area contributed by atoms with E-state index in [1.54, 1.807) is 24.3 Å². The van der Waals surface area contributed by atoms with Gasteiger partial charge >= 0.3 is 0 Å². The minimum Gasteiger partial charge on any atom is -0.411 e. The van der Waals surface area contributed by atoms with Crippen LogP contribution in [0.2, 0.25) is 0 Å². The molecule has 0 unspecified atom stereocenters. The Labute approximate surface area is 189 Å². The highest BCUT2D eigenvalue weighted by Crippen LogP contribution is 2.28. The third-order valence-corrected chi connectivity index (χ3v) is 7.83. The molecule has 1 aromatic carbocycles. The molecule has 9 nitrogen and oxygen atoms in total. The zero-order valence-electron chi connectivity index (χ0n) is 17.3. The molecule has 1 aliphatic heterocycles. The molecule has 0 radical (unpaired) electrons. The van der Waals surface area contributed by atoms with Gasteiger partial charge in [0.05, 0.1) is 23.8 Å². The molecular formula is C21H21N5O4S2. The summed E-state index contributed by atoms with van der Waals surface area (Å²) >= 11 is 1.38. The molecule has 32 heavy (non-hydrogen) atoms. The lowest BCUT2D eigenvalue weighted by molar-refractivity contribution is 0.0730. The van der Waals surface area contributed by atoms with Gasteiger partial charge < -0.3 is 13.6 Å². The number of imidazole rings is 1. The van der Waals surface area contributed by atoms with Gasteiger partial charge in [-0.1, -0.05) is 23.9 Å². The van der Waals surface area contributed by atoms with Gasteiger partial charge in [-0.2, -0.15) is 4.31 Å². The monoisotopic (exact) mass is 471 g/mol. The normalized spacial score (nSPS) is 15.4. The number of morpholine rings is 1. The van der Waals surface area contributed by atoms with Crippen molar-refractivity contribution in [1.82, 2.24) is 23.9 Å². The zero-order chi connectivity index (χ0) is 22.1. The van der Waals surface area contributed by atoms with Gasteiger partial charge in [0.1, 0.15) is 5.65 Å². The van der Waals surface area contributed by atoms with Gasteiger partial charge in [-0.3, -0.25) is 0 Å². The predicted molar refractivity (Wildman–Crippen MR) is 119 cm³/mol. The maximum Gasteiger partial charge on any atom is 0.277 e. The van der Waals surface area contributed by atoms with E-state index >= 15 is 0 Å². The van der Waals surface area contributed by atoms with E-state index in [1.165, 1.54) is 16.1 Å². The molecule has 0 amide bonds. The van der Waals surface area contributed by atoms with E-state index in [1.807, 2.05) is 35.9 Å². The highest BCUT2D eigenvalue weighted by molar-refractivity contribution is 7.98. The first-order valence-corrected chi connectivity index (χ1v) is 12.5. The fourth-order valence-electron chi connectivity index (χ4n) is 3.47. The molecule has 0 N–H and O–H groups in total. The van der Waals surface area contributed by atoms with Crippen molar-refractivity contribution in [1.29, 1.82) is 0 Å². The molecule has 1 aliphatic rings. The first-order chi connectivity index (χ1) is 15.5. The summed E-state index contributed by atoms with van der Waals surface area (Å²) in [6.45, 7) is 3.52. The Bertz CT molecular complexity index is 1360. The van der Waals surface area contributed by atoms with Gasteiger partial charge in [-0.05, 0) is 36.8 Å². The molecule has 3 aromatic heterocycles. The second-order valence-corrected chi connectivity index (χ2v) is 10.3. The highest BCUT2D eigenvalue weighted by atomic mass is 32.2. The van der Waals surface area contributed by atoms with Crippen LogP contribution in [0, 0.1) is 6.92 Å². The van der Waals surface area contributed by atoms with Gasteiger partial charge in [0, 0.05) is 36.8 Å². The number of ether oxygens (including phenoxy) is 1. The molecule has 1 fully saturated rings. The zero-order valence-corrected chi connectivity index (χ0v) is 19.0. The van der Waals surface area contributed by atoms with Crippen molar-refractivity contribution in [2.45, 2.75) is 22.8 Å². The maximum absolute atomic E-state index is 12.9. The molecule has 0 atom stereocenters. The summed E-state index contributed by atoms with van der Waals surface area (Å²) < 4.78 is 40.3. The number of pyridine rings is 1. The van der Waals surface area contributed by atoms with Gasteiger partial charge in [0.25, 0.3) is 5.22 Å². The molecule has 0 aliphatic carbocycles. The molecule has 4 heterocycles. The summed E-state index contributed by atoms with van der Waals surface area (Å²) in [6, 6.07) is 10.6. The second kappa shape index (κ2) is 8.66. The summed E-state index contributed by atoms with van der Waals surface area (Å²) in [5.74, 6) is 0.852. The van der Waals surface area contributed by atoms with Crippen molar-refractivity contribution in [3.8, 4) is 11.5 Å². The minimum absolute atomic E-state index is 0.198. The van der Waals surface area contributed by atoms with Crippen LogP contribution in [0.5, 0.6) is 0 Å². The summed E-state index contributed by atoms with van der Waals surface area (Å²) in [7, 11) is -3.60. The number of rotatable bonds is 6. The van der Waals surface area contributed by atoms with Crippen molar-refractivity contribution < 1.29 is 17.6 Å². The van der Waals surface area contributed by atoms with Gasteiger partial charge in [-0.15, -0.1) is 10.2 Å². The standard InChI is InChI=1S/C21H21N5O4S2/c1-15-5-6-19-22-17(13-25(19)12-15)14-31-21-24-23-20(30-21)16-3-2-4-18(11-16)32(27,28)26-7-9-29-10-8-26/h2-6,11-13H,7-10,14H2,1H3. The molecule has 5 rings (SSSR count). The fourth-order valence-corrected chi connectivity index (χ4v) is 5.57. The number of hydrogen-bond donors (Lipinski definition) is 0. The highest BCUT2D eigenvalue weighted by Gasteiger charge is 2.27. The number of aromatic nitrogens is 4. The van der Waals surface area contributed by atoms with Crippen molar-refractivity contribution in [2.75, 3.05) is 26.3 Å². The van der Waals surface area contributed by atoms with E-state index in [2.05, 4.69) is 15.2 Å². The molecule has 4 aromatic rings. The Morgan fingerprint density at radius 3 is 2.78 bits per heavy atom. The van der Waals surface area contributed by atoms with E-state index in [-0.39, 0.29) is 10.8 Å². The summed E-state index contributed by atoms with van der Waals surface area (Å²) in [5.41, 5.74) is 3.50. The first kappa shape index (κ1) is 21.1. The van der Waals surface area contributed by atoms with Crippen LogP contribution in [-0.4, -0.2) is 58.6 Å². The molecule has 11 heteroatoms. The van der Waals surface area contributed by atoms with Crippen LogP contribution in [0.15, 0.2) is 63.3 Å². The maximum atomic E-state index is 12.9. The largest absolute Gasteiger partial charge is 0.411 e. The predicted octanol–water partition coefficient (Wildman–Crippen LogP) is 3.01. The van der Waals surface area contributed by atoms with E-state index in [9.17, 15) is 8.42 Å². The van der Waals surface area contributed by atoms with Crippen LogP contribution >= 0.6 is 11.8 Å². The molecule has 1 saturated heterocycles. The second-order valence-electron chi connectivity index (χ2n) is 7.41. The number of sulfonamides is 1. The molecule has 0 saturated carbocycles. The minimum atomic E-state index is -3.60. The number of benzene rings is 1. The van der Waals surface area contributed by atoms with Crippen LogP contribution in [0.1, 0.15) is 11.3 Å². The van der Waals surface area contributed by atoms with Crippen LogP contribution < -0.4 is 0 Å². The Balaban J connectivity index is 1.31. The van der Waals surface area contributed by atoms with Crippen LogP contribution in [0.3, 0.4) is 0 Å².